The average molecular weight is 257 g/mol. The molecule has 1 aliphatic rings. The first kappa shape index (κ1) is 12.8. The van der Waals surface area contributed by atoms with Crippen LogP contribution in [0.25, 0.3) is 0 Å². The monoisotopic (exact) mass is 256 g/mol. The fourth-order valence-electron chi connectivity index (χ4n) is 2.31. The predicted molar refractivity (Wildman–Crippen MR) is 68.8 cm³/mol. The minimum absolute atomic E-state index is 0.180. The van der Waals surface area contributed by atoms with Gasteiger partial charge in [-0.25, -0.2) is 4.39 Å². The highest BCUT2D eigenvalue weighted by Crippen LogP contribution is 2.17. The maximum atomic E-state index is 13.5. The van der Waals surface area contributed by atoms with Crippen LogP contribution >= 0.6 is 11.6 Å². The van der Waals surface area contributed by atoms with E-state index < -0.39 is 0 Å². The molecule has 0 bridgehead atoms. The van der Waals surface area contributed by atoms with Gasteiger partial charge in [-0.15, -0.1) is 0 Å². The van der Waals surface area contributed by atoms with Gasteiger partial charge in [0.15, 0.2) is 0 Å². The molecule has 94 valence electrons. The molecule has 2 rings (SSSR count). The molecule has 0 aromatic heterocycles. The topological polar surface area (TPSA) is 15.3 Å². The molecule has 4 heteroatoms. The second-order valence-corrected chi connectivity index (χ2v) is 5.16. The molecule has 0 saturated carbocycles. The van der Waals surface area contributed by atoms with Crippen molar-refractivity contribution in [3.05, 3.63) is 34.6 Å². The molecule has 2 nitrogen and oxygen atoms in total. The summed E-state index contributed by atoms with van der Waals surface area (Å²) in [5.74, 6) is -0.180. The van der Waals surface area contributed by atoms with E-state index in [-0.39, 0.29) is 5.82 Å². The molecular formula is C13H18ClFN2. The van der Waals surface area contributed by atoms with E-state index in [9.17, 15) is 4.39 Å². The second kappa shape index (κ2) is 5.80. The summed E-state index contributed by atoms with van der Waals surface area (Å²) in [7, 11) is 2.01. The molecule has 0 spiro atoms. The molecule has 1 aromatic rings. The van der Waals surface area contributed by atoms with Crippen LogP contribution in [0, 0.1) is 5.82 Å². The number of nitrogens with zero attached hydrogens (tertiary/aromatic N) is 1. The Hall–Kier alpha value is -0.640. The van der Waals surface area contributed by atoms with Crippen LogP contribution in [0.15, 0.2) is 18.2 Å². The Morgan fingerprint density at radius 3 is 3.06 bits per heavy atom. The Morgan fingerprint density at radius 1 is 1.53 bits per heavy atom. The van der Waals surface area contributed by atoms with E-state index in [2.05, 4.69) is 10.2 Å². The van der Waals surface area contributed by atoms with E-state index in [4.69, 9.17) is 11.6 Å². The van der Waals surface area contributed by atoms with Crippen molar-refractivity contribution >= 4 is 11.6 Å². The van der Waals surface area contributed by atoms with Gasteiger partial charge in [0.25, 0.3) is 0 Å². The van der Waals surface area contributed by atoms with Gasteiger partial charge in [0.05, 0.1) is 0 Å². The Balaban J connectivity index is 1.92. The van der Waals surface area contributed by atoms with E-state index in [1.807, 2.05) is 7.05 Å². The first-order valence-corrected chi connectivity index (χ1v) is 6.39. The lowest BCUT2D eigenvalue weighted by molar-refractivity contribution is 0.289. The van der Waals surface area contributed by atoms with E-state index >= 15 is 0 Å². The summed E-state index contributed by atoms with van der Waals surface area (Å²) in [5, 5.41) is 4.03. The minimum atomic E-state index is -0.180. The molecule has 1 aliphatic heterocycles. The van der Waals surface area contributed by atoms with Gasteiger partial charge in [-0.1, -0.05) is 11.6 Å². The van der Waals surface area contributed by atoms with Crippen molar-refractivity contribution in [2.45, 2.75) is 25.4 Å². The van der Waals surface area contributed by atoms with Gasteiger partial charge in [0.1, 0.15) is 5.82 Å². The van der Waals surface area contributed by atoms with Gasteiger partial charge in [0, 0.05) is 29.7 Å². The van der Waals surface area contributed by atoms with E-state index in [0.717, 1.165) is 13.1 Å². The molecule has 17 heavy (non-hydrogen) atoms. The third-order valence-corrected chi connectivity index (χ3v) is 3.38. The number of rotatable bonds is 4. The molecule has 1 heterocycles. The summed E-state index contributed by atoms with van der Waals surface area (Å²) in [4.78, 5) is 2.14. The van der Waals surface area contributed by atoms with Crippen molar-refractivity contribution in [2.75, 3.05) is 20.1 Å². The van der Waals surface area contributed by atoms with Gasteiger partial charge in [-0.3, -0.25) is 0 Å². The fourth-order valence-corrected chi connectivity index (χ4v) is 2.50. The molecule has 0 radical (unpaired) electrons. The van der Waals surface area contributed by atoms with E-state index in [1.165, 1.54) is 18.9 Å². The molecule has 1 aromatic carbocycles. The number of nitrogens with one attached hydrogen (secondary N) is 1. The van der Waals surface area contributed by atoms with Crippen LogP contribution in [0.4, 0.5) is 4.39 Å². The average Bonchev–Trinajstić information content (AvgIpc) is 2.76. The van der Waals surface area contributed by atoms with Gasteiger partial charge >= 0.3 is 0 Å². The smallest absolute Gasteiger partial charge is 0.127 e. The zero-order chi connectivity index (χ0) is 12.3. The molecule has 1 unspecified atom stereocenters. The highest BCUT2D eigenvalue weighted by Gasteiger charge is 2.16. The van der Waals surface area contributed by atoms with Crippen LogP contribution in [0.2, 0.25) is 5.02 Å². The number of halogens is 2. The van der Waals surface area contributed by atoms with Gasteiger partial charge in [0.2, 0.25) is 0 Å². The van der Waals surface area contributed by atoms with Crippen LogP contribution in [0.5, 0.6) is 0 Å². The number of benzene rings is 1. The van der Waals surface area contributed by atoms with E-state index in [1.54, 1.807) is 12.1 Å². The lowest BCUT2D eigenvalue weighted by Crippen LogP contribution is -2.35. The molecular weight excluding hydrogens is 239 g/mol. The van der Waals surface area contributed by atoms with Crippen LogP contribution in [-0.2, 0) is 6.54 Å². The standard InChI is InChI=1S/C13H18ClFN2/c1-17(9-12-3-2-6-16-12)8-10-7-11(14)4-5-13(10)15/h4-5,7,12,16H,2-3,6,8-9H2,1H3. The van der Waals surface area contributed by atoms with Crippen molar-refractivity contribution < 1.29 is 4.39 Å². The molecule has 1 saturated heterocycles. The summed E-state index contributed by atoms with van der Waals surface area (Å²) in [6.45, 7) is 2.65. The first-order valence-electron chi connectivity index (χ1n) is 6.01. The van der Waals surface area contributed by atoms with Gasteiger partial charge in [-0.05, 0) is 44.6 Å². The maximum absolute atomic E-state index is 13.5. The predicted octanol–water partition coefficient (Wildman–Crippen LogP) is 2.66. The third-order valence-electron chi connectivity index (χ3n) is 3.14. The highest BCUT2D eigenvalue weighted by atomic mass is 35.5. The van der Waals surface area contributed by atoms with Crippen molar-refractivity contribution in [3.63, 3.8) is 0 Å². The largest absolute Gasteiger partial charge is 0.313 e. The van der Waals surface area contributed by atoms with Crippen molar-refractivity contribution in [1.29, 1.82) is 0 Å². The fraction of sp³-hybridized carbons (Fsp3) is 0.538. The maximum Gasteiger partial charge on any atom is 0.127 e. The molecule has 1 N–H and O–H groups in total. The van der Waals surface area contributed by atoms with Crippen LogP contribution in [0.1, 0.15) is 18.4 Å². The molecule has 0 amide bonds. The second-order valence-electron chi connectivity index (χ2n) is 4.73. The lowest BCUT2D eigenvalue weighted by Gasteiger charge is -2.21. The Bertz CT molecular complexity index is 378. The first-order chi connectivity index (χ1) is 8.15. The Morgan fingerprint density at radius 2 is 2.35 bits per heavy atom. The van der Waals surface area contributed by atoms with Crippen molar-refractivity contribution in [1.82, 2.24) is 10.2 Å². The Kier molecular flexibility index (Phi) is 4.37. The van der Waals surface area contributed by atoms with Gasteiger partial charge in [-0.2, -0.15) is 0 Å². The van der Waals surface area contributed by atoms with Crippen molar-refractivity contribution in [3.8, 4) is 0 Å². The normalized spacial score (nSPS) is 20.1. The van der Waals surface area contributed by atoms with Crippen LogP contribution in [-0.4, -0.2) is 31.1 Å². The van der Waals surface area contributed by atoms with E-state index in [0.29, 0.717) is 23.2 Å². The zero-order valence-corrected chi connectivity index (χ0v) is 10.8. The van der Waals surface area contributed by atoms with Crippen LogP contribution < -0.4 is 5.32 Å². The zero-order valence-electron chi connectivity index (χ0n) is 10.0. The van der Waals surface area contributed by atoms with Crippen molar-refractivity contribution in [2.24, 2.45) is 0 Å². The van der Waals surface area contributed by atoms with Gasteiger partial charge < -0.3 is 10.2 Å². The highest BCUT2D eigenvalue weighted by molar-refractivity contribution is 6.30. The summed E-state index contributed by atoms with van der Waals surface area (Å²) in [6.07, 6.45) is 2.45. The summed E-state index contributed by atoms with van der Waals surface area (Å²) in [6, 6.07) is 5.26. The summed E-state index contributed by atoms with van der Waals surface area (Å²) < 4.78 is 13.5. The molecule has 0 aliphatic carbocycles. The number of hydrogen-bond donors (Lipinski definition) is 1. The SMILES string of the molecule is CN(Cc1cc(Cl)ccc1F)CC1CCCN1. The van der Waals surface area contributed by atoms with Crippen LogP contribution in [0.3, 0.4) is 0 Å². The quantitative estimate of drug-likeness (QED) is 0.891. The Labute approximate surface area is 107 Å². The lowest BCUT2D eigenvalue weighted by atomic mass is 10.1. The minimum Gasteiger partial charge on any atom is -0.313 e. The molecule has 1 atom stereocenters. The number of hydrogen-bond acceptors (Lipinski definition) is 2. The summed E-state index contributed by atoms with van der Waals surface area (Å²) in [5.41, 5.74) is 0.665. The molecule has 1 fully saturated rings. The number of likely N-dealkylation sites (N-methyl/N-ethyl adjacent to an activating group) is 1. The third kappa shape index (κ3) is 3.66. The summed E-state index contributed by atoms with van der Waals surface area (Å²) >= 11 is 5.87.